The molecule has 3 rings (SSSR count). The van der Waals surface area contributed by atoms with E-state index in [4.69, 9.17) is 0 Å². The molecule has 1 N–H and O–H groups in total. The van der Waals surface area contributed by atoms with Gasteiger partial charge in [-0.25, -0.2) is 0 Å². The highest BCUT2D eigenvalue weighted by atomic mass is 32.1. The number of hydrogen-bond donors (Lipinski definition) is 1. The number of para-hydroxylation sites is 2. The lowest BCUT2D eigenvalue weighted by atomic mass is 10.2. The van der Waals surface area contributed by atoms with E-state index < -0.39 is 0 Å². The van der Waals surface area contributed by atoms with E-state index in [0.717, 1.165) is 11.3 Å². The maximum atomic E-state index is 12.3. The van der Waals surface area contributed by atoms with Gasteiger partial charge in [0.25, 0.3) is 5.91 Å². The number of anilines is 2. The summed E-state index contributed by atoms with van der Waals surface area (Å²) < 4.78 is 0. The van der Waals surface area contributed by atoms with Gasteiger partial charge in [-0.1, -0.05) is 12.1 Å². The third-order valence-electron chi connectivity index (χ3n) is 3.00. The molecular weight excluding hydrogens is 272 g/mol. The van der Waals surface area contributed by atoms with Gasteiger partial charge in [0.1, 0.15) is 6.54 Å². The van der Waals surface area contributed by atoms with Gasteiger partial charge in [-0.05, 0) is 40.6 Å². The predicted molar refractivity (Wildman–Crippen MR) is 80.8 cm³/mol. The van der Waals surface area contributed by atoms with Crippen LogP contribution in [0, 0.1) is 0 Å². The number of nitrogens with one attached hydrogen (secondary N) is 1. The average Bonchev–Trinajstić information content (AvgIpc) is 2.97. The molecule has 100 valence electrons. The van der Waals surface area contributed by atoms with Crippen LogP contribution >= 0.6 is 11.3 Å². The highest BCUT2D eigenvalue weighted by Crippen LogP contribution is 2.29. The first kappa shape index (κ1) is 12.6. The van der Waals surface area contributed by atoms with E-state index >= 15 is 0 Å². The van der Waals surface area contributed by atoms with E-state index in [1.54, 1.807) is 23.5 Å². The molecule has 0 unspecified atom stereocenters. The van der Waals surface area contributed by atoms with E-state index in [2.05, 4.69) is 5.32 Å². The van der Waals surface area contributed by atoms with Gasteiger partial charge >= 0.3 is 0 Å². The second-order valence-corrected chi connectivity index (χ2v) is 5.16. The summed E-state index contributed by atoms with van der Waals surface area (Å²) in [5.74, 6) is -0.375. The highest BCUT2D eigenvalue weighted by Gasteiger charge is 2.24. The van der Waals surface area contributed by atoms with Crippen molar-refractivity contribution >= 4 is 40.6 Å². The van der Waals surface area contributed by atoms with Crippen LogP contribution in [0.15, 0.2) is 47.2 Å². The largest absolute Gasteiger partial charge is 0.323 e. The molecular formula is C15H12N2O2S. The number of amides is 2. The number of rotatable bonds is 2. The topological polar surface area (TPSA) is 49.4 Å². The molecule has 0 saturated carbocycles. The molecule has 1 aromatic heterocycles. The molecule has 2 aromatic rings. The lowest BCUT2D eigenvalue weighted by molar-refractivity contribution is -0.119. The zero-order chi connectivity index (χ0) is 13.9. The first-order chi connectivity index (χ1) is 9.74. The van der Waals surface area contributed by atoms with Crippen LogP contribution in [0.1, 0.15) is 5.56 Å². The van der Waals surface area contributed by atoms with Crippen molar-refractivity contribution in [3.63, 3.8) is 0 Å². The predicted octanol–water partition coefficient (Wildman–Crippen LogP) is 2.75. The van der Waals surface area contributed by atoms with Crippen LogP contribution in [-0.2, 0) is 9.59 Å². The average molecular weight is 284 g/mol. The van der Waals surface area contributed by atoms with Gasteiger partial charge in [-0.15, -0.1) is 0 Å². The SMILES string of the molecule is O=C1CN(C(=O)/C=C/c2ccsc2)c2ccccc2N1. The van der Waals surface area contributed by atoms with Crippen molar-refractivity contribution < 1.29 is 9.59 Å². The van der Waals surface area contributed by atoms with E-state index in [9.17, 15) is 9.59 Å². The number of thiophene rings is 1. The monoisotopic (exact) mass is 284 g/mol. The Balaban J connectivity index is 1.86. The second-order valence-electron chi connectivity index (χ2n) is 4.38. The molecule has 1 aliphatic heterocycles. The van der Waals surface area contributed by atoms with Gasteiger partial charge in [0.15, 0.2) is 0 Å². The van der Waals surface area contributed by atoms with Gasteiger partial charge in [0.2, 0.25) is 5.91 Å². The molecule has 0 spiro atoms. The molecule has 1 aliphatic rings. The fourth-order valence-electron chi connectivity index (χ4n) is 2.06. The van der Waals surface area contributed by atoms with Crippen molar-refractivity contribution in [2.45, 2.75) is 0 Å². The Bertz CT molecular complexity index is 677. The van der Waals surface area contributed by atoms with Gasteiger partial charge in [0.05, 0.1) is 11.4 Å². The molecule has 0 bridgehead atoms. The minimum atomic E-state index is -0.196. The Hall–Kier alpha value is -2.40. The van der Waals surface area contributed by atoms with Crippen LogP contribution in [0.2, 0.25) is 0 Å². The van der Waals surface area contributed by atoms with Crippen molar-refractivity contribution in [3.8, 4) is 0 Å². The quantitative estimate of drug-likeness (QED) is 0.862. The van der Waals surface area contributed by atoms with Crippen LogP contribution < -0.4 is 10.2 Å². The molecule has 0 atom stereocenters. The Morgan fingerprint density at radius 1 is 1.30 bits per heavy atom. The number of hydrogen-bond acceptors (Lipinski definition) is 3. The fraction of sp³-hybridized carbons (Fsp3) is 0.0667. The van der Waals surface area contributed by atoms with Crippen molar-refractivity contribution in [3.05, 3.63) is 52.7 Å². The van der Waals surface area contributed by atoms with Crippen LogP contribution in [0.3, 0.4) is 0 Å². The highest BCUT2D eigenvalue weighted by molar-refractivity contribution is 7.08. The molecule has 2 heterocycles. The first-order valence-corrected chi connectivity index (χ1v) is 7.09. The Labute approximate surface area is 120 Å². The van der Waals surface area contributed by atoms with Crippen LogP contribution in [0.5, 0.6) is 0 Å². The van der Waals surface area contributed by atoms with Gasteiger partial charge in [0, 0.05) is 6.08 Å². The smallest absolute Gasteiger partial charge is 0.251 e. The summed E-state index contributed by atoms with van der Waals surface area (Å²) in [5, 5.41) is 6.67. The third kappa shape index (κ3) is 2.48. The maximum Gasteiger partial charge on any atom is 0.251 e. The lowest BCUT2D eigenvalue weighted by Gasteiger charge is -2.28. The number of nitrogens with zero attached hydrogens (tertiary/aromatic N) is 1. The number of carbonyl (C=O) groups is 2. The van der Waals surface area contributed by atoms with Crippen molar-refractivity contribution in [2.75, 3.05) is 16.8 Å². The third-order valence-corrected chi connectivity index (χ3v) is 3.70. The summed E-state index contributed by atoms with van der Waals surface area (Å²) in [5.41, 5.74) is 2.38. The molecule has 0 saturated heterocycles. The molecule has 0 aliphatic carbocycles. The number of fused-ring (bicyclic) bond motifs is 1. The van der Waals surface area contributed by atoms with Gasteiger partial charge in [-0.2, -0.15) is 11.3 Å². The van der Waals surface area contributed by atoms with Crippen LogP contribution in [0.25, 0.3) is 6.08 Å². The Kier molecular flexibility index (Phi) is 3.35. The number of benzene rings is 1. The number of carbonyl (C=O) groups excluding carboxylic acids is 2. The van der Waals surface area contributed by atoms with Crippen LogP contribution in [-0.4, -0.2) is 18.4 Å². The molecule has 4 nitrogen and oxygen atoms in total. The maximum absolute atomic E-state index is 12.3. The molecule has 0 fully saturated rings. The first-order valence-electron chi connectivity index (χ1n) is 6.15. The van der Waals surface area contributed by atoms with Crippen LogP contribution in [0.4, 0.5) is 11.4 Å². The molecule has 20 heavy (non-hydrogen) atoms. The zero-order valence-electron chi connectivity index (χ0n) is 10.6. The lowest BCUT2D eigenvalue weighted by Crippen LogP contribution is -2.41. The molecule has 2 amide bonds. The van der Waals surface area contributed by atoms with E-state index in [1.807, 2.05) is 35.0 Å². The Morgan fingerprint density at radius 2 is 2.15 bits per heavy atom. The minimum Gasteiger partial charge on any atom is -0.323 e. The summed E-state index contributed by atoms with van der Waals surface area (Å²) in [6.45, 7) is 0.0455. The van der Waals surface area contributed by atoms with E-state index in [1.165, 1.54) is 11.0 Å². The normalized spacial score (nSPS) is 14.2. The summed E-state index contributed by atoms with van der Waals surface area (Å²) in [6, 6.07) is 9.22. The molecule has 0 radical (unpaired) electrons. The molecule has 1 aromatic carbocycles. The zero-order valence-corrected chi connectivity index (χ0v) is 11.4. The minimum absolute atomic E-state index is 0.0455. The standard InChI is InChI=1S/C15H12N2O2S/c18-14-9-17(13-4-2-1-3-12(13)16-14)15(19)6-5-11-7-8-20-10-11/h1-8,10H,9H2,(H,16,18)/b6-5+. The summed E-state index contributed by atoms with van der Waals surface area (Å²) in [7, 11) is 0. The van der Waals surface area contributed by atoms with Crippen molar-refractivity contribution in [1.29, 1.82) is 0 Å². The van der Waals surface area contributed by atoms with E-state index in [-0.39, 0.29) is 18.4 Å². The second kappa shape index (κ2) is 5.30. The summed E-state index contributed by atoms with van der Waals surface area (Å²) in [4.78, 5) is 25.4. The van der Waals surface area contributed by atoms with Crippen molar-refractivity contribution in [1.82, 2.24) is 0 Å². The van der Waals surface area contributed by atoms with E-state index in [0.29, 0.717) is 5.69 Å². The summed E-state index contributed by atoms with van der Waals surface area (Å²) >= 11 is 1.58. The van der Waals surface area contributed by atoms with Gasteiger partial charge in [-0.3, -0.25) is 14.5 Å². The fourth-order valence-corrected chi connectivity index (χ4v) is 2.69. The Morgan fingerprint density at radius 3 is 2.95 bits per heavy atom. The van der Waals surface area contributed by atoms with Gasteiger partial charge < -0.3 is 5.32 Å². The summed E-state index contributed by atoms with van der Waals surface area (Å²) in [6.07, 6.45) is 3.26. The molecule has 5 heteroatoms. The van der Waals surface area contributed by atoms with Crippen molar-refractivity contribution in [2.24, 2.45) is 0 Å².